The van der Waals surface area contributed by atoms with E-state index in [1.807, 2.05) is 0 Å². The van der Waals surface area contributed by atoms with Crippen molar-refractivity contribution in [3.8, 4) is 0 Å². The monoisotopic (exact) mass is 286 g/mol. The molecule has 0 heterocycles. The molecule has 0 radical (unpaired) electrons. The third-order valence-electron chi connectivity index (χ3n) is 1.65. The van der Waals surface area contributed by atoms with Crippen LogP contribution in [-0.2, 0) is 19.1 Å². The van der Waals surface area contributed by atoms with E-state index in [1.165, 1.54) is 0 Å². The number of hydrogen-bond donors (Lipinski definition) is 2. The smallest absolute Gasteiger partial charge is 0.333 e. The summed E-state index contributed by atoms with van der Waals surface area (Å²) in [5.41, 5.74) is 11.5. The maximum absolute atomic E-state index is 10.7. The molecule has 20 heavy (non-hydrogen) atoms. The molecular formula is C14H26N2O4. The lowest BCUT2D eigenvalue weighted by Crippen LogP contribution is -2.24. The fraction of sp³-hybridized carbons (Fsp3) is 0.571. The fourth-order valence-electron chi connectivity index (χ4n) is 0.661. The lowest BCUT2D eigenvalue weighted by Gasteiger charge is -2.05. The van der Waals surface area contributed by atoms with Crippen LogP contribution in [-0.4, -0.2) is 37.2 Å². The van der Waals surface area contributed by atoms with Gasteiger partial charge < -0.3 is 20.9 Å². The van der Waals surface area contributed by atoms with Crippen molar-refractivity contribution < 1.29 is 19.1 Å². The van der Waals surface area contributed by atoms with Crippen molar-refractivity contribution in [1.29, 1.82) is 0 Å². The molecule has 0 bridgehead atoms. The van der Waals surface area contributed by atoms with Gasteiger partial charge in [-0.15, -0.1) is 0 Å². The zero-order valence-corrected chi connectivity index (χ0v) is 12.8. The van der Waals surface area contributed by atoms with Crippen LogP contribution in [0.2, 0.25) is 0 Å². The molecule has 0 spiro atoms. The molecule has 0 aliphatic heterocycles. The normalized spacial score (nSPS) is 12.3. The van der Waals surface area contributed by atoms with Crippen molar-refractivity contribution >= 4 is 11.9 Å². The Morgan fingerprint density at radius 2 is 1.15 bits per heavy atom. The van der Waals surface area contributed by atoms with Gasteiger partial charge in [-0.05, 0) is 27.7 Å². The van der Waals surface area contributed by atoms with E-state index in [1.54, 1.807) is 27.7 Å². The van der Waals surface area contributed by atoms with Gasteiger partial charge in [-0.2, -0.15) is 0 Å². The maximum atomic E-state index is 10.7. The first-order valence-corrected chi connectivity index (χ1v) is 6.24. The standard InChI is InChI=1S/2C7H13NO2/c2*1-5(2)7(9)10-4-6(3)8/h2*6H,1,4,8H2,2-3H3. The quantitative estimate of drug-likeness (QED) is 0.555. The zero-order chi connectivity index (χ0) is 16.3. The Bertz CT molecular complexity index is 315. The number of carbonyl (C=O) groups is 2. The van der Waals surface area contributed by atoms with Gasteiger partial charge in [0.1, 0.15) is 13.2 Å². The van der Waals surface area contributed by atoms with Crippen LogP contribution in [0.25, 0.3) is 0 Å². The summed E-state index contributed by atoms with van der Waals surface area (Å²) in [6.07, 6.45) is 0. The van der Waals surface area contributed by atoms with Gasteiger partial charge in [0.2, 0.25) is 0 Å². The molecule has 0 aliphatic rings. The first kappa shape index (κ1) is 20.7. The summed E-state index contributed by atoms with van der Waals surface area (Å²) in [7, 11) is 0. The molecule has 0 fully saturated rings. The second kappa shape index (κ2) is 11.2. The van der Waals surface area contributed by atoms with Crippen LogP contribution in [0.1, 0.15) is 27.7 Å². The van der Waals surface area contributed by atoms with Gasteiger partial charge in [-0.1, -0.05) is 13.2 Å². The SMILES string of the molecule is C=C(C)C(=O)OCC(C)N.C=C(C)C(=O)OCC(C)N. The number of hydrogen-bond acceptors (Lipinski definition) is 6. The largest absolute Gasteiger partial charge is 0.461 e. The number of carbonyl (C=O) groups excluding carboxylic acids is 2. The predicted molar refractivity (Wildman–Crippen MR) is 78.8 cm³/mol. The number of esters is 2. The van der Waals surface area contributed by atoms with E-state index in [2.05, 4.69) is 13.2 Å². The highest BCUT2D eigenvalue weighted by Crippen LogP contribution is 1.92. The lowest BCUT2D eigenvalue weighted by molar-refractivity contribution is -0.140. The van der Waals surface area contributed by atoms with Gasteiger partial charge in [-0.25, -0.2) is 9.59 Å². The average molecular weight is 286 g/mol. The summed E-state index contributed by atoms with van der Waals surface area (Å²) >= 11 is 0. The van der Waals surface area contributed by atoms with E-state index in [9.17, 15) is 9.59 Å². The Morgan fingerprint density at radius 1 is 0.900 bits per heavy atom. The number of rotatable bonds is 6. The third kappa shape index (κ3) is 14.4. The summed E-state index contributed by atoms with van der Waals surface area (Å²) in [6.45, 7) is 14.1. The van der Waals surface area contributed by atoms with Gasteiger partial charge >= 0.3 is 11.9 Å². The Labute approximate surface area is 120 Å². The van der Waals surface area contributed by atoms with E-state index >= 15 is 0 Å². The molecule has 0 saturated carbocycles. The summed E-state index contributed by atoms with van der Waals surface area (Å²) in [5.74, 6) is -0.755. The molecule has 6 nitrogen and oxygen atoms in total. The first-order valence-electron chi connectivity index (χ1n) is 6.24. The molecule has 0 aromatic heterocycles. The van der Waals surface area contributed by atoms with Gasteiger partial charge in [0, 0.05) is 23.2 Å². The van der Waals surface area contributed by atoms with Crippen molar-refractivity contribution in [3.63, 3.8) is 0 Å². The van der Waals surface area contributed by atoms with Gasteiger partial charge in [-0.3, -0.25) is 0 Å². The molecule has 4 N–H and O–H groups in total. The molecule has 0 aliphatic carbocycles. The molecule has 0 aromatic carbocycles. The Balaban J connectivity index is 0. The minimum Gasteiger partial charge on any atom is -0.461 e. The molecule has 6 heteroatoms. The average Bonchev–Trinajstić information content (AvgIpc) is 2.33. The minimum absolute atomic E-state index is 0.108. The second-order valence-electron chi connectivity index (χ2n) is 4.71. The van der Waals surface area contributed by atoms with Crippen LogP contribution >= 0.6 is 0 Å². The molecule has 2 unspecified atom stereocenters. The Morgan fingerprint density at radius 3 is 1.30 bits per heavy atom. The van der Waals surface area contributed by atoms with Crippen molar-refractivity contribution in [2.45, 2.75) is 39.8 Å². The summed E-state index contributed by atoms with van der Waals surface area (Å²) < 4.78 is 9.40. The molecular weight excluding hydrogens is 260 g/mol. The highest BCUT2D eigenvalue weighted by atomic mass is 16.5. The van der Waals surface area contributed by atoms with Crippen LogP contribution < -0.4 is 11.5 Å². The maximum Gasteiger partial charge on any atom is 0.333 e. The van der Waals surface area contributed by atoms with Crippen LogP contribution in [0.5, 0.6) is 0 Å². The second-order valence-corrected chi connectivity index (χ2v) is 4.71. The Hall–Kier alpha value is -1.66. The van der Waals surface area contributed by atoms with Crippen molar-refractivity contribution in [2.24, 2.45) is 11.5 Å². The fourth-order valence-corrected chi connectivity index (χ4v) is 0.661. The summed E-state index contributed by atoms with van der Waals surface area (Å²) in [5, 5.41) is 0. The van der Waals surface area contributed by atoms with Gasteiger partial charge in [0.15, 0.2) is 0 Å². The highest BCUT2D eigenvalue weighted by Gasteiger charge is 2.03. The minimum atomic E-state index is -0.377. The molecule has 0 amide bonds. The highest BCUT2D eigenvalue weighted by molar-refractivity contribution is 5.87. The van der Waals surface area contributed by atoms with Crippen LogP contribution in [0.4, 0.5) is 0 Å². The first-order chi connectivity index (χ1) is 9.07. The van der Waals surface area contributed by atoms with Crippen molar-refractivity contribution in [2.75, 3.05) is 13.2 Å². The Kier molecular flexibility index (Phi) is 11.6. The van der Waals surface area contributed by atoms with Crippen LogP contribution in [0.15, 0.2) is 24.3 Å². The van der Waals surface area contributed by atoms with E-state index in [0.29, 0.717) is 11.1 Å². The predicted octanol–water partition coefficient (Wildman–Crippen LogP) is 0.906. The summed E-state index contributed by atoms with van der Waals surface area (Å²) in [4.78, 5) is 21.3. The van der Waals surface area contributed by atoms with Gasteiger partial charge in [0.05, 0.1) is 0 Å². The topological polar surface area (TPSA) is 105 Å². The van der Waals surface area contributed by atoms with Crippen LogP contribution in [0.3, 0.4) is 0 Å². The third-order valence-corrected chi connectivity index (χ3v) is 1.65. The van der Waals surface area contributed by atoms with E-state index in [-0.39, 0.29) is 37.2 Å². The molecule has 0 saturated heterocycles. The lowest BCUT2D eigenvalue weighted by atomic mass is 10.3. The van der Waals surface area contributed by atoms with Crippen molar-refractivity contribution in [3.05, 3.63) is 24.3 Å². The number of ether oxygens (including phenoxy) is 2. The molecule has 116 valence electrons. The van der Waals surface area contributed by atoms with E-state index in [4.69, 9.17) is 20.9 Å². The molecule has 0 aromatic rings. The van der Waals surface area contributed by atoms with E-state index in [0.717, 1.165) is 0 Å². The van der Waals surface area contributed by atoms with Crippen LogP contribution in [0, 0.1) is 0 Å². The summed E-state index contributed by atoms with van der Waals surface area (Å²) in [6, 6.07) is -0.216. The van der Waals surface area contributed by atoms with Gasteiger partial charge in [0.25, 0.3) is 0 Å². The number of nitrogens with two attached hydrogens (primary N) is 2. The molecule has 2 atom stereocenters. The molecule has 0 rings (SSSR count). The van der Waals surface area contributed by atoms with E-state index < -0.39 is 0 Å². The zero-order valence-electron chi connectivity index (χ0n) is 12.8. The van der Waals surface area contributed by atoms with Crippen molar-refractivity contribution in [1.82, 2.24) is 0 Å².